The summed E-state index contributed by atoms with van der Waals surface area (Å²) >= 11 is 0. The molecule has 2 nitrogen and oxygen atoms in total. The van der Waals surface area contributed by atoms with Crippen molar-refractivity contribution < 1.29 is 4.79 Å². The molecule has 0 saturated heterocycles. The maximum absolute atomic E-state index is 11.2. The van der Waals surface area contributed by atoms with Crippen LogP contribution in [0.15, 0.2) is 0 Å². The van der Waals surface area contributed by atoms with Crippen molar-refractivity contribution in [2.45, 2.75) is 77.6 Å². The van der Waals surface area contributed by atoms with Crippen molar-refractivity contribution in [3.05, 3.63) is 0 Å². The van der Waals surface area contributed by atoms with E-state index in [1.54, 1.807) is 0 Å². The summed E-state index contributed by atoms with van der Waals surface area (Å²) in [5.41, 5.74) is 5.32. The van der Waals surface area contributed by atoms with E-state index in [4.69, 9.17) is 5.73 Å². The average molecular weight is 227 g/mol. The molecule has 16 heavy (non-hydrogen) atoms. The van der Waals surface area contributed by atoms with Gasteiger partial charge >= 0.3 is 0 Å². The summed E-state index contributed by atoms with van der Waals surface area (Å²) in [7, 11) is 0. The van der Waals surface area contributed by atoms with E-state index < -0.39 is 0 Å². The lowest BCUT2D eigenvalue weighted by Gasteiger charge is -2.01. The predicted molar refractivity (Wildman–Crippen MR) is 70.5 cm³/mol. The summed E-state index contributed by atoms with van der Waals surface area (Å²) in [4.78, 5) is 11.2. The number of carbonyl (C=O) groups excluding carboxylic acids is 1. The van der Waals surface area contributed by atoms with Gasteiger partial charge in [0, 0.05) is 12.8 Å². The molecule has 0 fully saturated rings. The topological polar surface area (TPSA) is 43.1 Å². The molecule has 0 spiro atoms. The zero-order chi connectivity index (χ0) is 12.1. The summed E-state index contributed by atoms with van der Waals surface area (Å²) < 4.78 is 0. The minimum Gasteiger partial charge on any atom is -0.330 e. The first-order valence-corrected chi connectivity index (χ1v) is 7.03. The van der Waals surface area contributed by atoms with Gasteiger partial charge in [0.25, 0.3) is 0 Å². The van der Waals surface area contributed by atoms with Crippen LogP contribution in [0.3, 0.4) is 0 Å². The van der Waals surface area contributed by atoms with E-state index >= 15 is 0 Å². The number of carbonyl (C=O) groups is 1. The van der Waals surface area contributed by atoms with Crippen LogP contribution in [0.1, 0.15) is 77.6 Å². The highest BCUT2D eigenvalue weighted by atomic mass is 16.1. The van der Waals surface area contributed by atoms with Crippen LogP contribution >= 0.6 is 0 Å². The second-order valence-corrected chi connectivity index (χ2v) is 4.66. The molecule has 0 aliphatic rings. The molecule has 0 heterocycles. The van der Waals surface area contributed by atoms with Gasteiger partial charge < -0.3 is 5.73 Å². The standard InChI is InChI=1S/C14H29NO/c1-2-3-4-5-6-7-8-9-10-11-14(16)12-13-15/h2-13,15H2,1H3. The number of rotatable bonds is 12. The van der Waals surface area contributed by atoms with Crippen LogP contribution in [0.25, 0.3) is 0 Å². The molecular formula is C14H29NO. The lowest BCUT2D eigenvalue weighted by Crippen LogP contribution is -2.07. The largest absolute Gasteiger partial charge is 0.330 e. The molecule has 0 aromatic heterocycles. The second-order valence-electron chi connectivity index (χ2n) is 4.66. The Kier molecular flexibility index (Phi) is 12.4. The Hall–Kier alpha value is -0.370. The molecular weight excluding hydrogens is 198 g/mol. The highest BCUT2D eigenvalue weighted by molar-refractivity contribution is 5.78. The molecule has 0 aromatic carbocycles. The molecule has 0 radical (unpaired) electrons. The highest BCUT2D eigenvalue weighted by Crippen LogP contribution is 2.10. The SMILES string of the molecule is CCCCCCCCCCCC(=O)CCN. The fourth-order valence-electron chi connectivity index (χ4n) is 1.92. The predicted octanol–water partition coefficient (Wildman–Crippen LogP) is 3.83. The molecule has 0 aliphatic carbocycles. The third-order valence-electron chi connectivity index (χ3n) is 2.98. The van der Waals surface area contributed by atoms with Crippen molar-refractivity contribution in [1.29, 1.82) is 0 Å². The Morgan fingerprint density at radius 3 is 1.81 bits per heavy atom. The molecule has 96 valence electrons. The number of hydrogen-bond donors (Lipinski definition) is 1. The lowest BCUT2D eigenvalue weighted by molar-refractivity contribution is -0.119. The molecule has 2 N–H and O–H groups in total. The molecule has 0 bridgehead atoms. The summed E-state index contributed by atoms with van der Waals surface area (Å²) in [6.45, 7) is 2.76. The van der Waals surface area contributed by atoms with Gasteiger partial charge in [0.15, 0.2) is 0 Å². The van der Waals surface area contributed by atoms with Crippen molar-refractivity contribution in [2.24, 2.45) is 5.73 Å². The quantitative estimate of drug-likeness (QED) is 0.515. The summed E-state index contributed by atoms with van der Waals surface area (Å²) in [5.74, 6) is 0.338. The van der Waals surface area contributed by atoms with Gasteiger partial charge in [-0.25, -0.2) is 0 Å². The molecule has 2 heteroatoms. The monoisotopic (exact) mass is 227 g/mol. The van der Waals surface area contributed by atoms with E-state index in [0.29, 0.717) is 18.7 Å². The molecule has 0 saturated carbocycles. The Morgan fingerprint density at radius 2 is 1.31 bits per heavy atom. The van der Waals surface area contributed by atoms with Crippen LogP contribution in [-0.4, -0.2) is 12.3 Å². The molecule has 0 aliphatic heterocycles. The maximum atomic E-state index is 11.2. The third kappa shape index (κ3) is 11.7. The highest BCUT2D eigenvalue weighted by Gasteiger charge is 1.99. The summed E-state index contributed by atoms with van der Waals surface area (Å²) in [6, 6.07) is 0. The van der Waals surface area contributed by atoms with Crippen molar-refractivity contribution in [2.75, 3.05) is 6.54 Å². The van der Waals surface area contributed by atoms with Crippen LogP contribution in [-0.2, 0) is 4.79 Å². The number of unbranched alkanes of at least 4 members (excludes halogenated alkanes) is 8. The van der Waals surface area contributed by atoms with E-state index in [0.717, 1.165) is 12.8 Å². The van der Waals surface area contributed by atoms with Crippen LogP contribution in [0.4, 0.5) is 0 Å². The Morgan fingerprint density at radius 1 is 0.812 bits per heavy atom. The third-order valence-corrected chi connectivity index (χ3v) is 2.98. The Labute approximate surface area is 101 Å². The number of Topliss-reactive ketones (excluding diaryl/α,β-unsaturated/α-hetero) is 1. The van der Waals surface area contributed by atoms with E-state index in [2.05, 4.69) is 6.92 Å². The molecule has 0 amide bonds. The van der Waals surface area contributed by atoms with Gasteiger partial charge in [-0.05, 0) is 13.0 Å². The van der Waals surface area contributed by atoms with Crippen LogP contribution < -0.4 is 5.73 Å². The first kappa shape index (κ1) is 15.6. The van der Waals surface area contributed by atoms with Crippen LogP contribution in [0.5, 0.6) is 0 Å². The van der Waals surface area contributed by atoms with Gasteiger partial charge in [-0.1, -0.05) is 58.3 Å². The van der Waals surface area contributed by atoms with Crippen LogP contribution in [0.2, 0.25) is 0 Å². The van der Waals surface area contributed by atoms with Crippen molar-refractivity contribution >= 4 is 5.78 Å². The van der Waals surface area contributed by atoms with E-state index in [1.807, 2.05) is 0 Å². The Bertz CT molecular complexity index is 157. The van der Waals surface area contributed by atoms with Crippen molar-refractivity contribution in [3.8, 4) is 0 Å². The maximum Gasteiger partial charge on any atom is 0.134 e. The average Bonchev–Trinajstić information content (AvgIpc) is 2.27. The molecule has 0 aromatic rings. The van der Waals surface area contributed by atoms with Gasteiger partial charge in [0.2, 0.25) is 0 Å². The lowest BCUT2D eigenvalue weighted by atomic mass is 10.0. The number of nitrogens with two attached hydrogens (primary N) is 1. The van der Waals surface area contributed by atoms with Crippen molar-refractivity contribution in [3.63, 3.8) is 0 Å². The minimum absolute atomic E-state index is 0.338. The first-order chi connectivity index (χ1) is 7.81. The van der Waals surface area contributed by atoms with E-state index in [1.165, 1.54) is 51.4 Å². The van der Waals surface area contributed by atoms with Gasteiger partial charge in [-0.15, -0.1) is 0 Å². The minimum atomic E-state index is 0.338. The Balaban J connectivity index is 3.01. The zero-order valence-corrected chi connectivity index (χ0v) is 11.0. The van der Waals surface area contributed by atoms with Gasteiger partial charge in [-0.2, -0.15) is 0 Å². The van der Waals surface area contributed by atoms with Gasteiger partial charge in [0.05, 0.1) is 0 Å². The van der Waals surface area contributed by atoms with E-state index in [9.17, 15) is 4.79 Å². The normalized spacial score (nSPS) is 10.6. The molecule has 0 rings (SSSR count). The van der Waals surface area contributed by atoms with E-state index in [-0.39, 0.29) is 0 Å². The van der Waals surface area contributed by atoms with Crippen LogP contribution in [0, 0.1) is 0 Å². The fourth-order valence-corrected chi connectivity index (χ4v) is 1.92. The smallest absolute Gasteiger partial charge is 0.134 e. The fraction of sp³-hybridized carbons (Fsp3) is 0.929. The zero-order valence-electron chi connectivity index (χ0n) is 11.0. The first-order valence-electron chi connectivity index (χ1n) is 7.03. The molecule has 0 unspecified atom stereocenters. The number of hydrogen-bond acceptors (Lipinski definition) is 2. The van der Waals surface area contributed by atoms with Gasteiger partial charge in [-0.3, -0.25) is 4.79 Å². The molecule has 0 atom stereocenters. The van der Waals surface area contributed by atoms with Crippen molar-refractivity contribution in [1.82, 2.24) is 0 Å². The van der Waals surface area contributed by atoms with Gasteiger partial charge in [0.1, 0.15) is 5.78 Å². The number of ketones is 1. The second kappa shape index (κ2) is 12.7. The summed E-state index contributed by atoms with van der Waals surface area (Å²) in [6.07, 6.45) is 13.1. The summed E-state index contributed by atoms with van der Waals surface area (Å²) in [5, 5.41) is 0.